The van der Waals surface area contributed by atoms with Crippen LogP contribution in [0.25, 0.3) is 10.9 Å². The van der Waals surface area contributed by atoms with Gasteiger partial charge in [0.1, 0.15) is 0 Å². The summed E-state index contributed by atoms with van der Waals surface area (Å²) in [5.41, 5.74) is -1.70. The highest BCUT2D eigenvalue weighted by Gasteiger charge is 2.39. The van der Waals surface area contributed by atoms with Gasteiger partial charge in [0.25, 0.3) is 5.91 Å². The smallest absolute Gasteiger partial charge is 0.361 e. The molecule has 6 nitrogen and oxygen atoms in total. The number of aromatic amines is 1. The fourth-order valence-electron chi connectivity index (χ4n) is 7.68. The summed E-state index contributed by atoms with van der Waals surface area (Å²) in [5.74, 6) is -0.818. The van der Waals surface area contributed by atoms with Crippen molar-refractivity contribution in [3.63, 3.8) is 0 Å². The summed E-state index contributed by atoms with van der Waals surface area (Å²) in [6.45, 7) is 7.27. The van der Waals surface area contributed by atoms with Crippen LogP contribution in [0.1, 0.15) is 65.6 Å². The number of fused-ring (bicyclic) bond motifs is 1. The number of alkyl halides is 6. The maximum atomic E-state index is 13.8. The molecule has 1 N–H and O–H groups in total. The van der Waals surface area contributed by atoms with E-state index in [2.05, 4.69) is 19.7 Å². The number of amides is 1. The number of carbonyl (C=O) groups excluding carboxylic acids is 1. The molecule has 2 saturated heterocycles. The summed E-state index contributed by atoms with van der Waals surface area (Å²) in [7, 11) is 0. The summed E-state index contributed by atoms with van der Waals surface area (Å²) in [6, 6.07) is 9.16. The molecular weight excluding hydrogens is 620 g/mol. The minimum Gasteiger partial charge on any atom is -0.361 e. The van der Waals surface area contributed by atoms with Crippen LogP contribution in [-0.2, 0) is 18.8 Å². The number of hydrogen-bond donors (Lipinski definition) is 1. The van der Waals surface area contributed by atoms with Gasteiger partial charge in [-0.25, -0.2) is 0 Å². The number of para-hydroxylation sites is 1. The van der Waals surface area contributed by atoms with Gasteiger partial charge in [-0.1, -0.05) is 37.5 Å². The van der Waals surface area contributed by atoms with Crippen molar-refractivity contribution in [2.24, 2.45) is 0 Å². The lowest BCUT2D eigenvalue weighted by Gasteiger charge is -2.42. The molecule has 1 aliphatic carbocycles. The van der Waals surface area contributed by atoms with Crippen LogP contribution in [0, 0.1) is 0 Å². The Balaban J connectivity index is 1.14. The lowest BCUT2D eigenvalue weighted by molar-refractivity contribution is -0.143. The topological polar surface area (TPSA) is 45.8 Å². The Hall–Kier alpha value is -3.09. The number of nitrogens with one attached hydrogen (secondary N) is 1. The van der Waals surface area contributed by atoms with Crippen LogP contribution in [-0.4, -0.2) is 101 Å². The highest BCUT2D eigenvalue weighted by atomic mass is 19.4. The minimum atomic E-state index is -5.03. The molecule has 3 aromatic rings. The Morgan fingerprint density at radius 1 is 0.787 bits per heavy atom. The Labute approximate surface area is 271 Å². The first kappa shape index (κ1) is 33.8. The Morgan fingerprint density at radius 3 is 2.11 bits per heavy atom. The average Bonchev–Trinajstić information content (AvgIpc) is 3.47. The molecule has 256 valence electrons. The van der Waals surface area contributed by atoms with Crippen LogP contribution in [0.15, 0.2) is 48.7 Å². The second-order valence-electron chi connectivity index (χ2n) is 13.3. The quantitative estimate of drug-likeness (QED) is 0.266. The molecule has 3 fully saturated rings. The third kappa shape index (κ3) is 8.14. The van der Waals surface area contributed by atoms with Gasteiger partial charge in [0, 0.05) is 80.6 Å². The normalized spacial score (nSPS) is 21.5. The third-order valence-corrected chi connectivity index (χ3v) is 10.2. The molecule has 0 bridgehead atoms. The monoisotopic (exact) mass is 663 g/mol. The second-order valence-corrected chi connectivity index (χ2v) is 13.3. The molecular formula is C35H43F6N5O. The largest absolute Gasteiger partial charge is 0.416 e. The van der Waals surface area contributed by atoms with Gasteiger partial charge >= 0.3 is 12.4 Å². The predicted octanol–water partition coefficient (Wildman–Crippen LogP) is 6.92. The number of rotatable bonds is 8. The van der Waals surface area contributed by atoms with E-state index < -0.39 is 41.0 Å². The lowest BCUT2D eigenvalue weighted by atomic mass is 9.94. The van der Waals surface area contributed by atoms with Gasteiger partial charge in [-0.15, -0.1) is 0 Å². The molecule has 2 aliphatic heterocycles. The van der Waals surface area contributed by atoms with E-state index in [-0.39, 0.29) is 12.6 Å². The SMILES string of the molecule is O=C(c1cc(C(F)(F)F)cc(C(F)(F)F)c1)N1CCN(CCCN2CCN(C3CCCCC3)CC2)C[C@H]1Cc1c[nH]c2ccccc12. The predicted molar refractivity (Wildman–Crippen MR) is 169 cm³/mol. The number of aromatic nitrogens is 1. The number of H-pyrrole nitrogens is 1. The van der Waals surface area contributed by atoms with E-state index in [4.69, 9.17) is 0 Å². The Morgan fingerprint density at radius 2 is 1.43 bits per heavy atom. The first-order valence-electron chi connectivity index (χ1n) is 16.8. The van der Waals surface area contributed by atoms with Crippen molar-refractivity contribution in [1.29, 1.82) is 0 Å². The summed E-state index contributed by atoms with van der Waals surface area (Å²) < 4.78 is 81.7. The first-order chi connectivity index (χ1) is 22.5. The molecule has 47 heavy (non-hydrogen) atoms. The van der Waals surface area contributed by atoms with Crippen molar-refractivity contribution in [3.05, 3.63) is 70.9 Å². The molecule has 3 heterocycles. The molecule has 2 aromatic carbocycles. The molecule has 3 aliphatic rings. The summed E-state index contributed by atoms with van der Waals surface area (Å²) in [5, 5.41) is 0.975. The zero-order valence-corrected chi connectivity index (χ0v) is 26.6. The average molecular weight is 664 g/mol. The molecule has 12 heteroatoms. The summed E-state index contributed by atoms with van der Waals surface area (Å²) in [6.07, 6.45) is -0.185. The van der Waals surface area contributed by atoms with E-state index in [0.717, 1.165) is 68.2 Å². The molecule has 1 saturated carbocycles. The second kappa shape index (κ2) is 14.2. The number of carbonyl (C=O) groups is 1. The lowest BCUT2D eigenvalue weighted by Crippen LogP contribution is -2.56. The van der Waals surface area contributed by atoms with E-state index in [0.29, 0.717) is 31.6 Å². The van der Waals surface area contributed by atoms with E-state index in [1.807, 2.05) is 30.5 Å². The fourth-order valence-corrected chi connectivity index (χ4v) is 7.68. The van der Waals surface area contributed by atoms with Crippen LogP contribution in [0.4, 0.5) is 26.3 Å². The van der Waals surface area contributed by atoms with Crippen LogP contribution in [0.2, 0.25) is 0 Å². The summed E-state index contributed by atoms with van der Waals surface area (Å²) >= 11 is 0. The highest BCUT2D eigenvalue weighted by Crippen LogP contribution is 2.37. The van der Waals surface area contributed by atoms with Gasteiger partial charge in [-0.3, -0.25) is 14.6 Å². The van der Waals surface area contributed by atoms with Crippen molar-refractivity contribution < 1.29 is 31.1 Å². The van der Waals surface area contributed by atoms with E-state index in [1.165, 1.54) is 37.0 Å². The third-order valence-electron chi connectivity index (χ3n) is 10.2. The molecule has 0 spiro atoms. The van der Waals surface area contributed by atoms with E-state index in [1.54, 1.807) is 0 Å². The molecule has 1 aromatic heterocycles. The standard InChI is InChI=1S/C35H43F6N5O/c36-34(37,38)27-19-25(20-28(22-27)35(39,40)41)33(47)46-18-15-44(24-30(46)21-26-23-42-32-10-5-4-9-31(26)32)12-6-11-43-13-16-45(17-14-43)29-7-2-1-3-8-29/h4-5,9-10,19-20,22-23,29-30,42H,1-3,6-8,11-18,21,24H2/t30-/m1/s1. The molecule has 6 rings (SSSR count). The van der Waals surface area contributed by atoms with Crippen LogP contribution < -0.4 is 0 Å². The number of halogens is 6. The first-order valence-corrected chi connectivity index (χ1v) is 16.8. The van der Waals surface area contributed by atoms with Crippen molar-refractivity contribution in [2.45, 2.75) is 69.4 Å². The zero-order valence-electron chi connectivity index (χ0n) is 26.6. The van der Waals surface area contributed by atoms with Crippen molar-refractivity contribution in [3.8, 4) is 0 Å². The number of nitrogens with zero attached hydrogens (tertiary/aromatic N) is 4. The molecule has 1 amide bonds. The minimum absolute atomic E-state index is 0.0635. The maximum Gasteiger partial charge on any atom is 0.416 e. The molecule has 0 unspecified atom stereocenters. The van der Waals surface area contributed by atoms with Crippen molar-refractivity contribution >= 4 is 16.8 Å². The maximum absolute atomic E-state index is 13.8. The van der Waals surface area contributed by atoms with Gasteiger partial charge < -0.3 is 14.8 Å². The molecule has 0 radical (unpaired) electrons. The number of hydrogen-bond acceptors (Lipinski definition) is 4. The number of piperazine rings is 2. The Kier molecular flexibility index (Phi) is 10.2. The Bertz CT molecular complexity index is 1470. The number of benzene rings is 2. The zero-order chi connectivity index (χ0) is 33.2. The van der Waals surface area contributed by atoms with Gasteiger partial charge in [-0.2, -0.15) is 26.3 Å². The van der Waals surface area contributed by atoms with Crippen LogP contribution >= 0.6 is 0 Å². The summed E-state index contributed by atoms with van der Waals surface area (Å²) in [4.78, 5) is 25.9. The van der Waals surface area contributed by atoms with Crippen LogP contribution in [0.5, 0.6) is 0 Å². The van der Waals surface area contributed by atoms with Gasteiger partial charge in [0.15, 0.2) is 0 Å². The van der Waals surface area contributed by atoms with Crippen molar-refractivity contribution in [2.75, 3.05) is 58.9 Å². The van der Waals surface area contributed by atoms with Crippen molar-refractivity contribution in [1.82, 2.24) is 24.6 Å². The van der Waals surface area contributed by atoms with Gasteiger partial charge in [0.2, 0.25) is 0 Å². The van der Waals surface area contributed by atoms with Gasteiger partial charge in [0.05, 0.1) is 11.1 Å². The van der Waals surface area contributed by atoms with E-state index >= 15 is 0 Å². The highest BCUT2D eigenvalue weighted by molar-refractivity contribution is 5.95. The molecule has 1 atom stereocenters. The van der Waals surface area contributed by atoms with Crippen LogP contribution in [0.3, 0.4) is 0 Å². The van der Waals surface area contributed by atoms with Gasteiger partial charge in [-0.05, 0) is 68.6 Å². The fraction of sp³-hybridized carbons (Fsp3) is 0.571. The van der Waals surface area contributed by atoms with E-state index in [9.17, 15) is 31.1 Å².